The maximum atomic E-state index is 12.5. The molecule has 2 aliphatic heterocycles. The van der Waals surface area contributed by atoms with Crippen LogP contribution in [0.25, 0.3) is 0 Å². The summed E-state index contributed by atoms with van der Waals surface area (Å²) in [4.78, 5) is 25.2. The van der Waals surface area contributed by atoms with Crippen molar-refractivity contribution in [3.63, 3.8) is 0 Å². The van der Waals surface area contributed by atoms with E-state index in [4.69, 9.17) is 5.11 Å². The first-order valence-electron chi connectivity index (χ1n) is 5.88. The van der Waals surface area contributed by atoms with Gasteiger partial charge in [0.05, 0.1) is 10.9 Å². The van der Waals surface area contributed by atoms with Crippen molar-refractivity contribution in [1.29, 1.82) is 0 Å². The van der Waals surface area contributed by atoms with Crippen molar-refractivity contribution < 1.29 is 14.7 Å². The van der Waals surface area contributed by atoms with Crippen molar-refractivity contribution in [2.75, 3.05) is 12.3 Å². The van der Waals surface area contributed by atoms with Crippen LogP contribution in [-0.4, -0.2) is 51.1 Å². The number of rotatable bonds is 2. The summed E-state index contributed by atoms with van der Waals surface area (Å²) < 4.78 is 0. The van der Waals surface area contributed by atoms with Crippen LogP contribution >= 0.6 is 11.8 Å². The minimum atomic E-state index is -0.906. The van der Waals surface area contributed by atoms with Crippen LogP contribution in [0.3, 0.4) is 0 Å². The molecule has 2 fully saturated rings. The Kier molecular flexibility index (Phi) is 3.36. The van der Waals surface area contributed by atoms with Gasteiger partial charge in [-0.05, 0) is 33.2 Å². The molecule has 2 aliphatic rings. The third-order valence-electron chi connectivity index (χ3n) is 3.58. The monoisotopic (exact) mass is 258 g/mol. The number of carboxylic acids is 1. The third kappa shape index (κ3) is 2.15. The molecule has 2 saturated heterocycles. The van der Waals surface area contributed by atoms with Crippen molar-refractivity contribution >= 4 is 23.6 Å². The number of carbonyl (C=O) groups is 2. The molecule has 96 valence electrons. The smallest absolute Gasteiger partial charge is 0.327 e. The van der Waals surface area contributed by atoms with Crippen LogP contribution in [0.4, 0.5) is 0 Å². The highest BCUT2D eigenvalue weighted by molar-refractivity contribution is 8.00. The van der Waals surface area contributed by atoms with Gasteiger partial charge >= 0.3 is 5.97 Å². The Morgan fingerprint density at radius 3 is 2.76 bits per heavy atom. The Bertz CT molecular complexity index is 342. The lowest BCUT2D eigenvalue weighted by Crippen LogP contribution is -2.57. The summed E-state index contributed by atoms with van der Waals surface area (Å²) in [5.41, 5.74) is -0.577. The number of nitrogens with zero attached hydrogens (tertiary/aromatic N) is 1. The normalized spacial score (nSPS) is 37.4. The molecule has 1 amide bonds. The first kappa shape index (κ1) is 12.7. The fraction of sp³-hybridized carbons (Fsp3) is 0.818. The van der Waals surface area contributed by atoms with Gasteiger partial charge in [0.1, 0.15) is 6.04 Å². The Morgan fingerprint density at radius 1 is 1.53 bits per heavy atom. The zero-order valence-corrected chi connectivity index (χ0v) is 10.9. The van der Waals surface area contributed by atoms with E-state index in [-0.39, 0.29) is 11.3 Å². The molecule has 0 radical (unpaired) electrons. The van der Waals surface area contributed by atoms with Gasteiger partial charge < -0.3 is 15.3 Å². The Hall–Kier alpha value is -0.750. The summed E-state index contributed by atoms with van der Waals surface area (Å²) in [5.74, 6) is -0.491. The Labute approximate surface area is 105 Å². The topological polar surface area (TPSA) is 69.6 Å². The van der Waals surface area contributed by atoms with Crippen LogP contribution in [0, 0.1) is 0 Å². The molecular weight excluding hydrogens is 240 g/mol. The number of hydrogen-bond acceptors (Lipinski definition) is 4. The van der Waals surface area contributed by atoms with Crippen LogP contribution in [-0.2, 0) is 9.59 Å². The van der Waals surface area contributed by atoms with E-state index in [1.165, 1.54) is 16.7 Å². The number of amides is 1. The van der Waals surface area contributed by atoms with E-state index in [2.05, 4.69) is 5.32 Å². The van der Waals surface area contributed by atoms with Gasteiger partial charge in [0, 0.05) is 5.75 Å². The first-order valence-corrected chi connectivity index (χ1v) is 6.93. The van der Waals surface area contributed by atoms with Crippen molar-refractivity contribution in [2.45, 2.75) is 43.6 Å². The average molecular weight is 258 g/mol. The summed E-state index contributed by atoms with van der Waals surface area (Å²) in [6.45, 7) is 4.59. The highest BCUT2D eigenvalue weighted by Gasteiger charge is 2.47. The molecule has 0 spiro atoms. The van der Waals surface area contributed by atoms with Gasteiger partial charge in [-0.3, -0.25) is 4.79 Å². The van der Waals surface area contributed by atoms with Gasteiger partial charge in [-0.2, -0.15) is 0 Å². The van der Waals surface area contributed by atoms with Gasteiger partial charge in [0.2, 0.25) is 5.91 Å². The van der Waals surface area contributed by atoms with Gasteiger partial charge in [-0.1, -0.05) is 0 Å². The molecule has 0 aromatic heterocycles. The molecular formula is C11H18N2O3S. The minimum Gasteiger partial charge on any atom is -0.480 e. The Morgan fingerprint density at radius 2 is 2.24 bits per heavy atom. The molecule has 0 aromatic rings. The molecule has 2 rings (SSSR count). The maximum absolute atomic E-state index is 12.5. The number of carbonyl (C=O) groups excluding carboxylic acids is 1. The van der Waals surface area contributed by atoms with E-state index < -0.39 is 17.6 Å². The fourth-order valence-electron chi connectivity index (χ4n) is 2.50. The third-order valence-corrected chi connectivity index (χ3v) is 4.80. The minimum absolute atomic E-state index is 0.0529. The van der Waals surface area contributed by atoms with E-state index in [0.29, 0.717) is 5.75 Å². The van der Waals surface area contributed by atoms with Crippen LogP contribution in [0.2, 0.25) is 0 Å². The fourth-order valence-corrected chi connectivity index (χ4v) is 3.67. The second-order valence-corrected chi connectivity index (χ2v) is 6.21. The van der Waals surface area contributed by atoms with Crippen LogP contribution in [0.5, 0.6) is 0 Å². The van der Waals surface area contributed by atoms with E-state index in [0.717, 1.165) is 19.4 Å². The number of nitrogens with one attached hydrogen (secondary N) is 1. The lowest BCUT2D eigenvalue weighted by molar-refractivity contribution is -0.151. The van der Waals surface area contributed by atoms with Gasteiger partial charge in [-0.15, -0.1) is 11.8 Å². The second kappa shape index (κ2) is 4.49. The molecule has 3 unspecified atom stereocenters. The van der Waals surface area contributed by atoms with Crippen LogP contribution in [0.15, 0.2) is 0 Å². The Balaban J connectivity index is 2.19. The molecule has 3 atom stereocenters. The number of thioether (sulfide) groups is 1. The van der Waals surface area contributed by atoms with Crippen molar-refractivity contribution in [2.24, 2.45) is 0 Å². The number of hydrogen-bond donors (Lipinski definition) is 2. The number of aliphatic carboxylic acids is 1. The first-order chi connectivity index (χ1) is 7.96. The summed E-state index contributed by atoms with van der Waals surface area (Å²) >= 11 is 1.52. The van der Waals surface area contributed by atoms with Gasteiger partial charge in [0.25, 0.3) is 0 Å². The molecule has 0 saturated carbocycles. The molecule has 0 aromatic carbocycles. The van der Waals surface area contributed by atoms with E-state index in [1.807, 2.05) is 13.8 Å². The maximum Gasteiger partial charge on any atom is 0.327 e. The second-order valence-electron chi connectivity index (χ2n) is 4.86. The molecule has 5 nitrogen and oxygen atoms in total. The van der Waals surface area contributed by atoms with Gasteiger partial charge in [-0.25, -0.2) is 4.79 Å². The van der Waals surface area contributed by atoms with Crippen molar-refractivity contribution in [1.82, 2.24) is 10.2 Å². The molecule has 6 heteroatoms. The lowest BCUT2D eigenvalue weighted by Gasteiger charge is -2.33. The lowest BCUT2D eigenvalue weighted by atomic mass is 9.97. The summed E-state index contributed by atoms with van der Waals surface area (Å²) in [7, 11) is 0. The van der Waals surface area contributed by atoms with Crippen molar-refractivity contribution in [3.05, 3.63) is 0 Å². The highest BCUT2D eigenvalue weighted by atomic mass is 32.2. The summed E-state index contributed by atoms with van der Waals surface area (Å²) in [5, 5.41) is 12.3. The SMILES string of the molecule is CC1SCC(C(=O)O)N1C(=O)C1(C)CCCN1. The van der Waals surface area contributed by atoms with Crippen LogP contribution in [0.1, 0.15) is 26.7 Å². The standard InChI is InChI=1S/C11H18N2O3S/c1-7-13(8(6-17-7)9(14)15)10(16)11(2)4-3-5-12-11/h7-8,12H,3-6H2,1-2H3,(H,14,15). The largest absolute Gasteiger partial charge is 0.480 e. The average Bonchev–Trinajstić information content (AvgIpc) is 2.85. The van der Waals surface area contributed by atoms with Crippen LogP contribution < -0.4 is 5.32 Å². The van der Waals surface area contributed by atoms with Gasteiger partial charge in [0.15, 0.2) is 0 Å². The highest BCUT2D eigenvalue weighted by Crippen LogP contribution is 2.33. The quantitative estimate of drug-likeness (QED) is 0.755. The molecule has 0 aliphatic carbocycles. The molecule has 2 heterocycles. The number of carboxylic acid groups (broad SMARTS) is 1. The zero-order valence-electron chi connectivity index (χ0n) is 10.1. The van der Waals surface area contributed by atoms with E-state index in [1.54, 1.807) is 0 Å². The zero-order chi connectivity index (χ0) is 12.6. The van der Waals surface area contributed by atoms with Crippen molar-refractivity contribution in [3.8, 4) is 0 Å². The summed E-state index contributed by atoms with van der Waals surface area (Å²) in [6, 6.07) is -0.679. The predicted molar refractivity (Wildman–Crippen MR) is 65.8 cm³/mol. The molecule has 0 bridgehead atoms. The van der Waals surface area contributed by atoms with E-state index >= 15 is 0 Å². The summed E-state index contributed by atoms with van der Waals surface area (Å²) in [6.07, 6.45) is 1.75. The van der Waals surface area contributed by atoms with E-state index in [9.17, 15) is 9.59 Å². The molecule has 2 N–H and O–H groups in total. The molecule has 17 heavy (non-hydrogen) atoms. The predicted octanol–water partition coefficient (Wildman–Crippen LogP) is 0.503.